The second kappa shape index (κ2) is 4.68. The summed E-state index contributed by atoms with van der Waals surface area (Å²) in [6.07, 6.45) is 0.432. The molecule has 0 spiro atoms. The van der Waals surface area contributed by atoms with Crippen LogP contribution in [-0.4, -0.2) is 25.3 Å². The van der Waals surface area contributed by atoms with Crippen molar-refractivity contribution >= 4 is 6.09 Å². The van der Waals surface area contributed by atoms with Crippen molar-refractivity contribution in [3.8, 4) is 5.75 Å². The van der Waals surface area contributed by atoms with Crippen LogP contribution in [0.3, 0.4) is 0 Å². The first-order valence-corrected chi connectivity index (χ1v) is 4.96. The summed E-state index contributed by atoms with van der Waals surface area (Å²) >= 11 is 0. The Morgan fingerprint density at radius 1 is 1.40 bits per heavy atom. The molecule has 0 bridgehead atoms. The maximum atomic E-state index is 10.9. The highest BCUT2D eigenvalue weighted by Gasteiger charge is 2.19. The molecule has 1 saturated heterocycles. The van der Waals surface area contributed by atoms with Gasteiger partial charge in [-0.05, 0) is 12.1 Å². The van der Waals surface area contributed by atoms with Gasteiger partial charge in [0.05, 0.1) is 12.6 Å². The van der Waals surface area contributed by atoms with Crippen molar-refractivity contribution < 1.29 is 14.3 Å². The van der Waals surface area contributed by atoms with Crippen molar-refractivity contribution in [1.29, 1.82) is 0 Å². The molecule has 1 atom stereocenters. The van der Waals surface area contributed by atoms with Gasteiger partial charge >= 0.3 is 6.09 Å². The number of cyclic esters (lactones) is 1. The number of hydrogen-bond acceptors (Lipinski definition) is 3. The van der Waals surface area contributed by atoms with Crippen LogP contribution in [0.15, 0.2) is 30.3 Å². The van der Waals surface area contributed by atoms with E-state index in [1.165, 1.54) is 0 Å². The van der Waals surface area contributed by atoms with E-state index in [9.17, 15) is 4.79 Å². The van der Waals surface area contributed by atoms with Gasteiger partial charge < -0.3 is 14.8 Å². The summed E-state index contributed by atoms with van der Waals surface area (Å²) in [4.78, 5) is 10.9. The third kappa shape index (κ3) is 2.87. The van der Waals surface area contributed by atoms with Crippen LogP contribution in [-0.2, 0) is 4.74 Å². The molecule has 0 aromatic heterocycles. The summed E-state index contributed by atoms with van der Waals surface area (Å²) in [7, 11) is 0. The highest BCUT2D eigenvalue weighted by atomic mass is 16.6. The molecular weight excluding hydrogens is 194 g/mol. The highest BCUT2D eigenvalue weighted by Crippen LogP contribution is 2.10. The van der Waals surface area contributed by atoms with Crippen LogP contribution in [0.25, 0.3) is 0 Å². The fourth-order valence-electron chi connectivity index (χ4n) is 1.41. The second-order valence-corrected chi connectivity index (χ2v) is 3.39. The van der Waals surface area contributed by atoms with E-state index >= 15 is 0 Å². The van der Waals surface area contributed by atoms with Crippen molar-refractivity contribution in [3.63, 3.8) is 0 Å². The third-order valence-electron chi connectivity index (χ3n) is 2.22. The van der Waals surface area contributed by atoms with E-state index in [2.05, 4.69) is 5.32 Å². The van der Waals surface area contributed by atoms with E-state index in [0.717, 1.165) is 12.2 Å². The van der Waals surface area contributed by atoms with Gasteiger partial charge in [0.25, 0.3) is 0 Å². The SMILES string of the molecule is O=C1NC(COc2ccccc2)CCO1. The van der Waals surface area contributed by atoms with Crippen molar-refractivity contribution in [2.24, 2.45) is 0 Å². The number of carbonyl (C=O) groups is 1. The minimum absolute atomic E-state index is 0.0476. The van der Waals surface area contributed by atoms with Gasteiger partial charge in [-0.3, -0.25) is 0 Å². The van der Waals surface area contributed by atoms with Gasteiger partial charge in [-0.25, -0.2) is 4.79 Å². The van der Waals surface area contributed by atoms with Crippen LogP contribution in [0.1, 0.15) is 6.42 Å². The zero-order valence-electron chi connectivity index (χ0n) is 8.31. The summed E-state index contributed by atoms with van der Waals surface area (Å²) in [6, 6.07) is 9.59. The molecule has 1 heterocycles. The Labute approximate surface area is 88.2 Å². The maximum absolute atomic E-state index is 10.9. The Morgan fingerprint density at radius 3 is 2.93 bits per heavy atom. The molecule has 15 heavy (non-hydrogen) atoms. The minimum Gasteiger partial charge on any atom is -0.491 e. The molecular formula is C11H13NO3. The van der Waals surface area contributed by atoms with E-state index < -0.39 is 0 Å². The zero-order chi connectivity index (χ0) is 10.5. The lowest BCUT2D eigenvalue weighted by Crippen LogP contribution is -2.44. The Bertz CT molecular complexity index is 326. The first-order valence-electron chi connectivity index (χ1n) is 4.96. The number of hydrogen-bond donors (Lipinski definition) is 1. The van der Waals surface area contributed by atoms with Crippen LogP contribution in [0.5, 0.6) is 5.75 Å². The Morgan fingerprint density at radius 2 is 2.20 bits per heavy atom. The standard InChI is InChI=1S/C11H13NO3/c13-11-12-9(6-7-14-11)8-15-10-4-2-1-3-5-10/h1-5,9H,6-8H2,(H,12,13). The van der Waals surface area contributed by atoms with E-state index in [1.54, 1.807) is 0 Å². The fourth-order valence-corrected chi connectivity index (χ4v) is 1.41. The van der Waals surface area contributed by atoms with Gasteiger partial charge in [0.2, 0.25) is 0 Å². The van der Waals surface area contributed by atoms with E-state index in [-0.39, 0.29) is 12.1 Å². The number of carbonyl (C=O) groups excluding carboxylic acids is 1. The average molecular weight is 207 g/mol. The largest absolute Gasteiger partial charge is 0.491 e. The summed E-state index contributed by atoms with van der Waals surface area (Å²) < 4.78 is 10.3. The number of amides is 1. The Hall–Kier alpha value is -1.71. The molecule has 4 nitrogen and oxygen atoms in total. The summed E-state index contributed by atoms with van der Waals surface area (Å²) in [5.41, 5.74) is 0. The van der Waals surface area contributed by atoms with Crippen molar-refractivity contribution in [2.75, 3.05) is 13.2 Å². The molecule has 0 aliphatic carbocycles. The molecule has 0 radical (unpaired) electrons. The van der Waals surface area contributed by atoms with Crippen LogP contribution in [0.2, 0.25) is 0 Å². The first-order chi connectivity index (χ1) is 7.34. The quantitative estimate of drug-likeness (QED) is 0.818. The number of rotatable bonds is 3. The molecule has 80 valence electrons. The van der Waals surface area contributed by atoms with Gasteiger partial charge in [-0.2, -0.15) is 0 Å². The van der Waals surface area contributed by atoms with E-state index in [0.29, 0.717) is 13.2 Å². The lowest BCUT2D eigenvalue weighted by atomic mass is 10.2. The number of benzene rings is 1. The summed E-state index contributed by atoms with van der Waals surface area (Å²) in [5.74, 6) is 0.818. The molecule has 1 fully saturated rings. The molecule has 2 rings (SSSR count). The minimum atomic E-state index is -0.358. The molecule has 1 aromatic rings. The Balaban J connectivity index is 1.80. The first kappa shape index (κ1) is 9.83. The van der Waals surface area contributed by atoms with Gasteiger partial charge in [0.1, 0.15) is 12.4 Å². The van der Waals surface area contributed by atoms with Crippen molar-refractivity contribution in [1.82, 2.24) is 5.32 Å². The summed E-state index contributed by atoms with van der Waals surface area (Å²) in [6.45, 7) is 0.952. The second-order valence-electron chi connectivity index (χ2n) is 3.39. The lowest BCUT2D eigenvalue weighted by Gasteiger charge is -2.23. The predicted molar refractivity (Wildman–Crippen MR) is 54.8 cm³/mol. The van der Waals surface area contributed by atoms with Crippen LogP contribution >= 0.6 is 0 Å². The van der Waals surface area contributed by atoms with Gasteiger partial charge in [-0.15, -0.1) is 0 Å². The number of para-hydroxylation sites is 1. The van der Waals surface area contributed by atoms with Gasteiger partial charge in [0.15, 0.2) is 0 Å². The normalized spacial score (nSPS) is 20.3. The maximum Gasteiger partial charge on any atom is 0.407 e. The lowest BCUT2D eigenvalue weighted by molar-refractivity contribution is 0.103. The molecule has 1 aromatic carbocycles. The van der Waals surface area contributed by atoms with Crippen LogP contribution in [0.4, 0.5) is 4.79 Å². The summed E-state index contributed by atoms with van der Waals surface area (Å²) in [5, 5.41) is 2.70. The topological polar surface area (TPSA) is 47.6 Å². The molecule has 1 unspecified atom stereocenters. The zero-order valence-corrected chi connectivity index (χ0v) is 8.31. The average Bonchev–Trinajstić information content (AvgIpc) is 2.28. The van der Waals surface area contributed by atoms with Gasteiger partial charge in [-0.1, -0.05) is 18.2 Å². The van der Waals surface area contributed by atoms with Gasteiger partial charge in [0, 0.05) is 6.42 Å². The number of nitrogens with one attached hydrogen (secondary N) is 1. The third-order valence-corrected chi connectivity index (χ3v) is 2.22. The van der Waals surface area contributed by atoms with Crippen LogP contribution in [0, 0.1) is 0 Å². The van der Waals surface area contributed by atoms with E-state index in [1.807, 2.05) is 30.3 Å². The Kier molecular flexibility index (Phi) is 3.07. The van der Waals surface area contributed by atoms with Crippen molar-refractivity contribution in [3.05, 3.63) is 30.3 Å². The number of alkyl carbamates (subject to hydrolysis) is 1. The molecule has 4 heteroatoms. The molecule has 1 aliphatic rings. The molecule has 1 N–H and O–H groups in total. The molecule has 0 saturated carbocycles. The fraction of sp³-hybridized carbons (Fsp3) is 0.364. The van der Waals surface area contributed by atoms with Crippen molar-refractivity contribution in [2.45, 2.75) is 12.5 Å². The predicted octanol–water partition coefficient (Wildman–Crippen LogP) is 1.56. The van der Waals surface area contributed by atoms with Crippen LogP contribution < -0.4 is 10.1 Å². The monoisotopic (exact) mass is 207 g/mol. The smallest absolute Gasteiger partial charge is 0.407 e. The molecule has 1 amide bonds. The molecule has 1 aliphatic heterocycles. The van der Waals surface area contributed by atoms with E-state index in [4.69, 9.17) is 9.47 Å². The highest BCUT2D eigenvalue weighted by molar-refractivity contribution is 5.68. The number of ether oxygens (including phenoxy) is 2.